The molecule has 2 heterocycles. The summed E-state index contributed by atoms with van der Waals surface area (Å²) in [5, 5.41) is 3.71. The minimum atomic E-state index is -4.40. The predicted octanol–water partition coefficient (Wildman–Crippen LogP) is 4.75. The Hall–Kier alpha value is -2.41. The first-order valence-corrected chi connectivity index (χ1v) is 11.4. The topological polar surface area (TPSA) is 35.6 Å². The third-order valence-electron chi connectivity index (χ3n) is 6.83. The minimum Gasteiger partial charge on any atom is -0.366 e. The quantitative estimate of drug-likeness (QED) is 0.710. The van der Waals surface area contributed by atoms with Crippen LogP contribution < -0.4 is 15.1 Å². The van der Waals surface area contributed by atoms with Crippen molar-refractivity contribution in [2.24, 2.45) is 11.8 Å². The van der Waals surface area contributed by atoms with E-state index >= 15 is 0 Å². The van der Waals surface area contributed by atoms with Gasteiger partial charge in [0.15, 0.2) is 0 Å². The first kappa shape index (κ1) is 21.4. The van der Waals surface area contributed by atoms with E-state index in [1.165, 1.54) is 6.07 Å². The van der Waals surface area contributed by atoms with Gasteiger partial charge in [-0.05, 0) is 61.1 Å². The predicted molar refractivity (Wildman–Crippen MR) is 119 cm³/mol. The van der Waals surface area contributed by atoms with Crippen LogP contribution in [-0.4, -0.2) is 38.1 Å². The second-order valence-corrected chi connectivity index (χ2v) is 9.41. The molecule has 8 heteroatoms. The zero-order valence-electron chi connectivity index (χ0n) is 17.5. The van der Waals surface area contributed by atoms with Crippen molar-refractivity contribution in [2.75, 3.05) is 36.0 Å². The number of piperazine rings is 1. The molecule has 2 fully saturated rings. The average molecular weight is 464 g/mol. The van der Waals surface area contributed by atoms with Gasteiger partial charge in [-0.2, -0.15) is 13.2 Å². The number of hydrogen-bond acceptors (Lipinski definition) is 3. The van der Waals surface area contributed by atoms with Crippen LogP contribution in [0.4, 0.5) is 24.5 Å². The lowest BCUT2D eigenvalue weighted by Crippen LogP contribution is -2.61. The number of nitrogens with zero attached hydrogens (tertiary/aromatic N) is 2. The highest BCUT2D eigenvalue weighted by molar-refractivity contribution is 6.33. The van der Waals surface area contributed by atoms with Gasteiger partial charge in [-0.3, -0.25) is 4.79 Å². The zero-order valence-corrected chi connectivity index (χ0v) is 18.3. The van der Waals surface area contributed by atoms with Gasteiger partial charge >= 0.3 is 6.18 Å². The molecule has 1 N–H and O–H groups in total. The van der Waals surface area contributed by atoms with Crippen LogP contribution in [0, 0.1) is 11.8 Å². The number of alkyl halides is 3. The number of benzene rings is 2. The van der Waals surface area contributed by atoms with Gasteiger partial charge in [0.05, 0.1) is 28.2 Å². The maximum Gasteiger partial charge on any atom is 0.416 e. The fourth-order valence-corrected chi connectivity index (χ4v) is 5.18. The Labute approximate surface area is 190 Å². The Morgan fingerprint density at radius 2 is 1.88 bits per heavy atom. The molecular weight excluding hydrogens is 439 g/mol. The molecule has 32 heavy (non-hydrogen) atoms. The van der Waals surface area contributed by atoms with E-state index in [-0.39, 0.29) is 11.9 Å². The number of carbonyl (C=O) groups is 1. The van der Waals surface area contributed by atoms with Crippen LogP contribution in [0.5, 0.6) is 0 Å². The van der Waals surface area contributed by atoms with Crippen molar-refractivity contribution in [3.8, 4) is 0 Å². The summed E-state index contributed by atoms with van der Waals surface area (Å²) < 4.78 is 40.0. The third kappa shape index (κ3) is 4.15. The van der Waals surface area contributed by atoms with Crippen molar-refractivity contribution in [1.29, 1.82) is 0 Å². The smallest absolute Gasteiger partial charge is 0.366 e. The molecule has 1 aliphatic carbocycles. The van der Waals surface area contributed by atoms with Gasteiger partial charge < -0.3 is 15.1 Å². The van der Waals surface area contributed by atoms with Crippen LogP contribution >= 0.6 is 11.6 Å². The molecule has 5 rings (SSSR count). The van der Waals surface area contributed by atoms with E-state index in [1.54, 1.807) is 6.07 Å². The standard InChI is InChI=1S/C24H25ClF3N3O/c25-19-3-1-2-4-21(19)30-9-10-31-20-8-7-17(24(26,27)28)11-16(20)12-18(22(31)14-30)23(32)29-13-15-5-6-15/h1-4,7-8,11,15,18,22H,5-6,9-10,12-14H2,(H,29,32)/t18-,22+/m1/s1. The fraction of sp³-hybridized carbons (Fsp3) is 0.458. The van der Waals surface area contributed by atoms with Crippen molar-refractivity contribution in [3.63, 3.8) is 0 Å². The highest BCUT2D eigenvalue weighted by Gasteiger charge is 2.43. The Balaban J connectivity index is 1.46. The van der Waals surface area contributed by atoms with Crippen molar-refractivity contribution < 1.29 is 18.0 Å². The minimum absolute atomic E-state index is 0.0732. The first-order valence-electron chi connectivity index (χ1n) is 11.0. The SMILES string of the molecule is O=C(NCC1CC1)[C@@H]1Cc2cc(C(F)(F)F)ccc2N2CCN(c3ccccc3Cl)C[C@@H]12. The lowest BCUT2D eigenvalue weighted by atomic mass is 9.82. The molecule has 1 amide bonds. The summed E-state index contributed by atoms with van der Waals surface area (Å²) in [5.41, 5.74) is 1.65. The summed E-state index contributed by atoms with van der Waals surface area (Å²) in [5.74, 6) is 0.0414. The van der Waals surface area contributed by atoms with Gasteiger partial charge in [-0.25, -0.2) is 0 Å². The van der Waals surface area contributed by atoms with Gasteiger partial charge in [0.25, 0.3) is 0 Å². The van der Waals surface area contributed by atoms with Gasteiger partial charge in [-0.1, -0.05) is 23.7 Å². The second kappa shape index (κ2) is 8.18. The van der Waals surface area contributed by atoms with Crippen LogP contribution in [0.2, 0.25) is 5.02 Å². The van der Waals surface area contributed by atoms with Crippen molar-refractivity contribution in [1.82, 2.24) is 5.32 Å². The molecule has 0 bridgehead atoms. The number of nitrogens with one attached hydrogen (secondary N) is 1. The largest absolute Gasteiger partial charge is 0.416 e. The molecule has 0 radical (unpaired) electrons. The zero-order chi connectivity index (χ0) is 22.5. The van der Waals surface area contributed by atoms with E-state index in [9.17, 15) is 18.0 Å². The van der Waals surface area contributed by atoms with Gasteiger partial charge in [0.2, 0.25) is 5.91 Å². The highest BCUT2D eigenvalue weighted by Crippen LogP contribution is 2.41. The summed E-state index contributed by atoms with van der Waals surface area (Å²) in [6, 6.07) is 11.4. The molecule has 170 valence electrons. The summed E-state index contributed by atoms with van der Waals surface area (Å²) >= 11 is 6.42. The van der Waals surface area contributed by atoms with E-state index in [4.69, 9.17) is 11.6 Å². The molecule has 4 nitrogen and oxygen atoms in total. The normalized spacial score (nSPS) is 22.9. The van der Waals surface area contributed by atoms with E-state index in [0.29, 0.717) is 49.1 Å². The second-order valence-electron chi connectivity index (χ2n) is 9.00. The Morgan fingerprint density at radius 1 is 1.09 bits per heavy atom. The molecular formula is C24H25ClF3N3O. The number of para-hydroxylation sites is 1. The molecule has 2 aliphatic heterocycles. The third-order valence-corrected chi connectivity index (χ3v) is 7.15. The number of anilines is 2. The highest BCUT2D eigenvalue weighted by atomic mass is 35.5. The van der Waals surface area contributed by atoms with E-state index < -0.39 is 17.7 Å². The number of amides is 1. The first-order chi connectivity index (χ1) is 15.3. The molecule has 3 aliphatic rings. The number of hydrogen-bond donors (Lipinski definition) is 1. The molecule has 2 aromatic carbocycles. The van der Waals surface area contributed by atoms with Crippen molar-refractivity contribution in [2.45, 2.75) is 31.5 Å². The van der Waals surface area contributed by atoms with Crippen LogP contribution in [-0.2, 0) is 17.4 Å². The number of rotatable bonds is 4. The summed E-state index contributed by atoms with van der Waals surface area (Å²) in [6.45, 7) is 2.52. The van der Waals surface area contributed by atoms with Crippen LogP contribution in [0.3, 0.4) is 0 Å². The van der Waals surface area contributed by atoms with Gasteiger partial charge in [0.1, 0.15) is 0 Å². The Bertz CT molecular complexity index is 1020. The van der Waals surface area contributed by atoms with E-state index in [1.807, 2.05) is 24.3 Å². The Morgan fingerprint density at radius 3 is 2.59 bits per heavy atom. The lowest BCUT2D eigenvalue weighted by Gasteiger charge is -2.50. The molecule has 1 saturated heterocycles. The maximum absolute atomic E-state index is 13.3. The van der Waals surface area contributed by atoms with E-state index in [2.05, 4.69) is 15.1 Å². The summed E-state index contributed by atoms with van der Waals surface area (Å²) in [7, 11) is 0. The Kier molecular flexibility index (Phi) is 5.48. The van der Waals surface area contributed by atoms with Gasteiger partial charge in [-0.15, -0.1) is 0 Å². The summed E-state index contributed by atoms with van der Waals surface area (Å²) in [6.07, 6.45) is -1.86. The molecule has 0 unspecified atom stereocenters. The molecule has 0 spiro atoms. The maximum atomic E-state index is 13.3. The monoisotopic (exact) mass is 463 g/mol. The molecule has 1 saturated carbocycles. The molecule has 0 aromatic heterocycles. The number of carbonyl (C=O) groups excluding carboxylic acids is 1. The lowest BCUT2D eigenvalue weighted by molar-refractivity contribution is -0.137. The molecule has 2 aromatic rings. The van der Waals surface area contributed by atoms with Crippen LogP contribution in [0.1, 0.15) is 24.0 Å². The van der Waals surface area contributed by atoms with E-state index in [0.717, 1.165) is 30.3 Å². The fourth-order valence-electron chi connectivity index (χ4n) is 4.92. The van der Waals surface area contributed by atoms with Crippen molar-refractivity contribution in [3.05, 3.63) is 58.6 Å². The van der Waals surface area contributed by atoms with Crippen LogP contribution in [0.25, 0.3) is 0 Å². The number of fused-ring (bicyclic) bond motifs is 3. The average Bonchev–Trinajstić information content (AvgIpc) is 3.60. The van der Waals surface area contributed by atoms with Gasteiger partial charge in [0, 0.05) is 31.9 Å². The number of halogens is 4. The summed E-state index contributed by atoms with van der Waals surface area (Å²) in [4.78, 5) is 17.5. The van der Waals surface area contributed by atoms with Crippen LogP contribution in [0.15, 0.2) is 42.5 Å². The molecule has 2 atom stereocenters. The van der Waals surface area contributed by atoms with Crippen molar-refractivity contribution >= 4 is 28.9 Å².